The summed E-state index contributed by atoms with van der Waals surface area (Å²) in [5, 5.41) is 9.69. The quantitative estimate of drug-likeness (QED) is 0.779. The smallest absolute Gasteiger partial charge is 0.0956 e. The topological polar surface area (TPSA) is 33.1 Å². The number of rotatable bonds is 3. The van der Waals surface area contributed by atoms with E-state index in [0.717, 1.165) is 9.88 Å². The van der Waals surface area contributed by atoms with Gasteiger partial charge in [0, 0.05) is 17.0 Å². The maximum atomic E-state index is 8.54. The minimum Gasteiger partial charge on any atom is -0.392 e. The summed E-state index contributed by atoms with van der Waals surface area (Å²) in [5.74, 6) is 0.492. The van der Waals surface area contributed by atoms with Crippen LogP contribution in [0.2, 0.25) is 0 Å². The Kier molecular flexibility index (Phi) is 3.44. The van der Waals surface area contributed by atoms with Crippen LogP contribution in [-0.2, 0) is 0 Å². The number of aliphatic hydroxyl groups excluding tert-OH is 1. The van der Waals surface area contributed by atoms with Crippen molar-refractivity contribution in [2.45, 2.75) is 19.8 Å². The first-order valence-corrected chi connectivity index (χ1v) is 4.79. The van der Waals surface area contributed by atoms with Crippen LogP contribution in [0.4, 0.5) is 0 Å². The van der Waals surface area contributed by atoms with E-state index < -0.39 is 0 Å². The fraction of sp³-hybridized carbons (Fsp3) is 0.444. The second kappa shape index (κ2) is 4.38. The fourth-order valence-corrected chi connectivity index (χ4v) is 1.67. The van der Waals surface area contributed by atoms with Gasteiger partial charge in [-0.25, -0.2) is 4.98 Å². The van der Waals surface area contributed by atoms with E-state index >= 15 is 0 Å². The first-order chi connectivity index (χ1) is 5.74. The van der Waals surface area contributed by atoms with Gasteiger partial charge in [-0.15, -0.1) is 11.3 Å². The van der Waals surface area contributed by atoms with Crippen LogP contribution in [0.5, 0.6) is 0 Å². The van der Waals surface area contributed by atoms with E-state index in [1.54, 1.807) is 17.4 Å². The fourth-order valence-electron chi connectivity index (χ4n) is 0.814. The lowest BCUT2D eigenvalue weighted by Gasteiger charge is -1.94. The molecule has 1 aromatic heterocycles. The second-order valence-corrected chi connectivity index (χ2v) is 3.93. The van der Waals surface area contributed by atoms with Gasteiger partial charge < -0.3 is 5.11 Å². The van der Waals surface area contributed by atoms with E-state index in [2.05, 4.69) is 18.8 Å². The molecule has 3 heteroatoms. The van der Waals surface area contributed by atoms with Crippen LogP contribution in [0.3, 0.4) is 0 Å². The summed E-state index contributed by atoms with van der Waals surface area (Å²) in [6.07, 6.45) is 5.45. The van der Waals surface area contributed by atoms with Crippen molar-refractivity contribution in [2.75, 3.05) is 6.61 Å². The Hall–Kier alpha value is -0.670. The number of hydrogen-bond donors (Lipinski definition) is 1. The predicted molar refractivity (Wildman–Crippen MR) is 52.3 cm³/mol. The molecule has 0 unspecified atom stereocenters. The first kappa shape index (κ1) is 9.42. The summed E-state index contributed by atoms with van der Waals surface area (Å²) in [6, 6.07) is 0. The molecule has 2 nitrogen and oxygen atoms in total. The molecule has 1 rings (SSSR count). The van der Waals surface area contributed by atoms with E-state index in [9.17, 15) is 0 Å². The van der Waals surface area contributed by atoms with Gasteiger partial charge in [0.1, 0.15) is 0 Å². The zero-order chi connectivity index (χ0) is 8.97. The monoisotopic (exact) mass is 183 g/mol. The molecule has 12 heavy (non-hydrogen) atoms. The second-order valence-electron chi connectivity index (χ2n) is 2.84. The Labute approximate surface area is 76.6 Å². The highest BCUT2D eigenvalue weighted by Gasteiger charge is 2.02. The number of aliphatic hydroxyl groups is 1. The Morgan fingerprint density at radius 3 is 2.92 bits per heavy atom. The molecule has 0 aliphatic heterocycles. The van der Waals surface area contributed by atoms with E-state index in [1.807, 2.05) is 12.3 Å². The van der Waals surface area contributed by atoms with Crippen LogP contribution in [0.15, 0.2) is 12.3 Å². The Morgan fingerprint density at radius 2 is 2.42 bits per heavy atom. The van der Waals surface area contributed by atoms with Crippen molar-refractivity contribution < 1.29 is 5.11 Å². The lowest BCUT2D eigenvalue weighted by molar-refractivity contribution is 0.343. The van der Waals surface area contributed by atoms with Crippen LogP contribution in [0, 0.1) is 0 Å². The summed E-state index contributed by atoms with van der Waals surface area (Å²) in [5.41, 5.74) is 0. The summed E-state index contributed by atoms with van der Waals surface area (Å²) < 4.78 is 0. The van der Waals surface area contributed by atoms with Crippen molar-refractivity contribution in [1.82, 2.24) is 4.98 Å². The normalized spacial score (nSPS) is 11.7. The van der Waals surface area contributed by atoms with Crippen molar-refractivity contribution in [2.24, 2.45) is 0 Å². The molecule has 0 saturated heterocycles. The molecule has 0 amide bonds. The molecule has 1 aromatic rings. The van der Waals surface area contributed by atoms with Crippen LogP contribution in [0.25, 0.3) is 6.08 Å². The number of hydrogen-bond acceptors (Lipinski definition) is 3. The van der Waals surface area contributed by atoms with Crippen molar-refractivity contribution >= 4 is 17.4 Å². The van der Waals surface area contributed by atoms with E-state index in [-0.39, 0.29) is 6.61 Å². The van der Waals surface area contributed by atoms with Crippen LogP contribution in [-0.4, -0.2) is 16.7 Å². The molecule has 0 bridgehead atoms. The van der Waals surface area contributed by atoms with Gasteiger partial charge in [-0.3, -0.25) is 0 Å². The van der Waals surface area contributed by atoms with E-state index in [4.69, 9.17) is 5.11 Å². The van der Waals surface area contributed by atoms with Crippen molar-refractivity contribution in [3.05, 3.63) is 22.2 Å². The molecule has 1 heterocycles. The average molecular weight is 183 g/mol. The molecular formula is C9H13NOS. The molecule has 0 radical (unpaired) electrons. The minimum absolute atomic E-state index is 0.0922. The molecule has 0 aliphatic rings. The number of thiazole rings is 1. The molecule has 0 saturated carbocycles. The summed E-state index contributed by atoms with van der Waals surface area (Å²) in [4.78, 5) is 5.36. The van der Waals surface area contributed by atoms with Crippen LogP contribution < -0.4 is 0 Å². The van der Waals surface area contributed by atoms with Gasteiger partial charge in [-0.1, -0.05) is 19.9 Å². The van der Waals surface area contributed by atoms with Gasteiger partial charge in [0.2, 0.25) is 0 Å². The summed E-state index contributed by atoms with van der Waals surface area (Å²) >= 11 is 1.67. The molecule has 66 valence electrons. The van der Waals surface area contributed by atoms with E-state index in [0.29, 0.717) is 5.92 Å². The predicted octanol–water partition coefficient (Wildman–Crippen LogP) is 2.27. The third-order valence-corrected chi connectivity index (χ3v) is 2.69. The first-order valence-electron chi connectivity index (χ1n) is 3.97. The highest BCUT2D eigenvalue weighted by atomic mass is 32.1. The average Bonchev–Trinajstić information content (AvgIpc) is 2.48. The zero-order valence-corrected chi connectivity index (χ0v) is 8.14. The molecule has 0 fully saturated rings. The van der Waals surface area contributed by atoms with Crippen molar-refractivity contribution in [1.29, 1.82) is 0 Å². The van der Waals surface area contributed by atoms with Crippen molar-refractivity contribution in [3.63, 3.8) is 0 Å². The Bertz CT molecular complexity index is 265. The van der Waals surface area contributed by atoms with Gasteiger partial charge in [0.15, 0.2) is 0 Å². The SMILES string of the molecule is CC(C)c1ncc(/C=C/CO)s1. The molecular weight excluding hydrogens is 170 g/mol. The van der Waals surface area contributed by atoms with Gasteiger partial charge in [-0.05, 0) is 6.08 Å². The maximum Gasteiger partial charge on any atom is 0.0956 e. The highest BCUT2D eigenvalue weighted by molar-refractivity contribution is 7.12. The number of aromatic nitrogens is 1. The van der Waals surface area contributed by atoms with Crippen LogP contribution >= 0.6 is 11.3 Å². The van der Waals surface area contributed by atoms with E-state index in [1.165, 1.54) is 0 Å². The van der Waals surface area contributed by atoms with Gasteiger partial charge in [-0.2, -0.15) is 0 Å². The maximum absolute atomic E-state index is 8.54. The van der Waals surface area contributed by atoms with Gasteiger partial charge in [0.05, 0.1) is 11.6 Å². The largest absolute Gasteiger partial charge is 0.392 e. The third-order valence-electron chi connectivity index (χ3n) is 1.42. The summed E-state index contributed by atoms with van der Waals surface area (Å²) in [7, 11) is 0. The molecule has 1 N–H and O–H groups in total. The van der Waals surface area contributed by atoms with Crippen LogP contribution in [0.1, 0.15) is 29.7 Å². The molecule has 0 aliphatic carbocycles. The van der Waals surface area contributed by atoms with Gasteiger partial charge in [0.25, 0.3) is 0 Å². The molecule has 0 spiro atoms. The highest BCUT2D eigenvalue weighted by Crippen LogP contribution is 2.21. The Balaban J connectivity index is 2.70. The lowest BCUT2D eigenvalue weighted by atomic mass is 10.2. The zero-order valence-electron chi connectivity index (χ0n) is 7.32. The number of nitrogens with zero attached hydrogens (tertiary/aromatic N) is 1. The summed E-state index contributed by atoms with van der Waals surface area (Å²) in [6.45, 7) is 4.34. The minimum atomic E-state index is 0.0922. The molecule has 0 atom stereocenters. The molecule has 0 aromatic carbocycles. The Morgan fingerprint density at radius 1 is 1.67 bits per heavy atom. The standard InChI is InChI=1S/C9H13NOS/c1-7(2)9-10-6-8(12-9)4-3-5-11/h3-4,6-7,11H,5H2,1-2H3/b4-3+. The van der Waals surface area contributed by atoms with Crippen molar-refractivity contribution in [3.8, 4) is 0 Å². The lowest BCUT2D eigenvalue weighted by Crippen LogP contribution is -1.81. The third kappa shape index (κ3) is 2.43. The van der Waals surface area contributed by atoms with Gasteiger partial charge >= 0.3 is 0 Å².